The van der Waals surface area contributed by atoms with Gasteiger partial charge >= 0.3 is 6.09 Å². The maximum absolute atomic E-state index is 12.1. The van der Waals surface area contributed by atoms with Crippen LogP contribution >= 0.6 is 0 Å². The van der Waals surface area contributed by atoms with Gasteiger partial charge in [-0.2, -0.15) is 0 Å². The Morgan fingerprint density at radius 1 is 1.33 bits per heavy atom. The molecule has 0 saturated heterocycles. The molecule has 0 saturated carbocycles. The molecule has 1 aliphatic heterocycles. The summed E-state index contributed by atoms with van der Waals surface area (Å²) in [7, 11) is 0. The fraction of sp³-hybridized carbons (Fsp3) is 0.562. The summed E-state index contributed by atoms with van der Waals surface area (Å²) in [5.74, 6) is 0. The predicted molar refractivity (Wildman–Crippen MR) is 78.5 cm³/mol. The topological polar surface area (TPSA) is 70.0 Å². The Balaban J connectivity index is 2.08. The molecule has 0 bridgehead atoms. The van der Waals surface area contributed by atoms with E-state index in [-0.39, 0.29) is 6.09 Å². The highest BCUT2D eigenvalue weighted by molar-refractivity contribution is 5.69. The van der Waals surface area contributed by atoms with E-state index in [1.54, 1.807) is 4.90 Å². The average molecular weight is 293 g/mol. The van der Waals surface area contributed by atoms with Gasteiger partial charge in [0.25, 0.3) is 0 Å². The van der Waals surface area contributed by atoms with Crippen LogP contribution in [0.5, 0.6) is 0 Å². The minimum atomic E-state index is -1.30. The number of rotatable bonds is 3. The maximum Gasteiger partial charge on any atom is 0.410 e. The van der Waals surface area contributed by atoms with Gasteiger partial charge in [-0.25, -0.2) is 4.79 Å². The zero-order valence-corrected chi connectivity index (χ0v) is 12.8. The van der Waals surface area contributed by atoms with Crippen molar-refractivity contribution in [2.75, 3.05) is 0 Å². The van der Waals surface area contributed by atoms with E-state index in [0.29, 0.717) is 25.9 Å². The standard InChI is InChI=1S/C16H23NO4/c1-16(2,3)21-15(20)17-9-12-6-4-5-11(13(12)10-17)7-8-14(18)19/h4-6,14,18-19H,7-10H2,1-3H3. The zero-order chi connectivity index (χ0) is 15.6. The molecule has 5 nitrogen and oxygen atoms in total. The molecule has 0 atom stereocenters. The van der Waals surface area contributed by atoms with Crippen LogP contribution in [0.4, 0.5) is 4.79 Å². The normalized spacial score (nSPS) is 14.5. The van der Waals surface area contributed by atoms with Crippen molar-refractivity contribution < 1.29 is 19.7 Å². The minimum absolute atomic E-state index is 0.295. The smallest absolute Gasteiger partial charge is 0.410 e. The van der Waals surface area contributed by atoms with E-state index >= 15 is 0 Å². The van der Waals surface area contributed by atoms with Crippen LogP contribution in [-0.4, -0.2) is 33.1 Å². The molecular formula is C16H23NO4. The van der Waals surface area contributed by atoms with Crippen LogP contribution in [0.25, 0.3) is 0 Å². The van der Waals surface area contributed by atoms with Gasteiger partial charge in [0, 0.05) is 19.5 Å². The van der Waals surface area contributed by atoms with Crippen molar-refractivity contribution in [1.29, 1.82) is 0 Å². The van der Waals surface area contributed by atoms with E-state index in [0.717, 1.165) is 16.7 Å². The number of hydrogen-bond donors (Lipinski definition) is 2. The molecule has 1 heterocycles. The molecule has 0 unspecified atom stereocenters. The number of nitrogens with zero attached hydrogens (tertiary/aromatic N) is 1. The van der Waals surface area contributed by atoms with Gasteiger partial charge in [-0.1, -0.05) is 18.2 Å². The summed E-state index contributed by atoms with van der Waals surface area (Å²) in [6.07, 6.45) is -0.734. The number of ether oxygens (including phenoxy) is 1. The first-order chi connectivity index (χ1) is 9.76. The number of hydrogen-bond acceptors (Lipinski definition) is 4. The SMILES string of the molecule is CC(C)(C)OC(=O)N1Cc2cccc(CCC(O)O)c2C1. The number of carbonyl (C=O) groups excluding carboxylic acids is 1. The van der Waals surface area contributed by atoms with Gasteiger partial charge in [-0.3, -0.25) is 4.90 Å². The number of benzene rings is 1. The minimum Gasteiger partial charge on any atom is -0.444 e. The molecule has 1 amide bonds. The number of aliphatic hydroxyl groups excluding tert-OH is 1. The second-order valence-electron chi connectivity index (χ2n) is 6.41. The molecule has 0 radical (unpaired) electrons. The Hall–Kier alpha value is -1.59. The van der Waals surface area contributed by atoms with Gasteiger partial charge in [0.2, 0.25) is 0 Å². The molecule has 0 aromatic heterocycles. The second-order valence-corrected chi connectivity index (χ2v) is 6.41. The Morgan fingerprint density at radius 2 is 2.05 bits per heavy atom. The zero-order valence-electron chi connectivity index (χ0n) is 12.8. The first-order valence-corrected chi connectivity index (χ1v) is 7.20. The van der Waals surface area contributed by atoms with E-state index in [4.69, 9.17) is 14.9 Å². The van der Waals surface area contributed by atoms with E-state index in [9.17, 15) is 4.79 Å². The summed E-state index contributed by atoms with van der Waals surface area (Å²) in [5.41, 5.74) is 2.76. The number of carbonyl (C=O) groups is 1. The molecule has 0 spiro atoms. The van der Waals surface area contributed by atoms with Gasteiger partial charge in [0.1, 0.15) is 5.60 Å². The van der Waals surface area contributed by atoms with Gasteiger partial charge in [0.05, 0.1) is 0 Å². The van der Waals surface area contributed by atoms with Crippen LogP contribution in [-0.2, 0) is 24.2 Å². The van der Waals surface area contributed by atoms with Crippen molar-refractivity contribution in [3.63, 3.8) is 0 Å². The third-order valence-electron chi connectivity index (χ3n) is 3.40. The number of aryl methyl sites for hydroxylation is 1. The van der Waals surface area contributed by atoms with Crippen molar-refractivity contribution >= 4 is 6.09 Å². The summed E-state index contributed by atoms with van der Waals surface area (Å²) < 4.78 is 5.40. The monoisotopic (exact) mass is 293 g/mol. The third-order valence-corrected chi connectivity index (χ3v) is 3.40. The van der Waals surface area contributed by atoms with Gasteiger partial charge in [0.15, 0.2) is 6.29 Å². The Bertz CT molecular complexity index is 519. The Kier molecular flexibility index (Phi) is 4.54. The Morgan fingerprint density at radius 3 is 2.67 bits per heavy atom. The molecule has 116 valence electrons. The highest BCUT2D eigenvalue weighted by Crippen LogP contribution is 2.28. The first kappa shape index (κ1) is 15.8. The molecule has 0 fully saturated rings. The lowest BCUT2D eigenvalue weighted by molar-refractivity contribution is -0.0447. The largest absolute Gasteiger partial charge is 0.444 e. The summed E-state index contributed by atoms with van der Waals surface area (Å²) >= 11 is 0. The fourth-order valence-electron chi connectivity index (χ4n) is 2.47. The van der Waals surface area contributed by atoms with E-state index in [1.165, 1.54) is 0 Å². The van der Waals surface area contributed by atoms with Crippen LogP contribution in [0.2, 0.25) is 0 Å². The lowest BCUT2D eigenvalue weighted by Crippen LogP contribution is -2.33. The maximum atomic E-state index is 12.1. The van der Waals surface area contributed by atoms with Crippen LogP contribution in [0, 0.1) is 0 Å². The molecule has 0 aliphatic carbocycles. The molecule has 1 aromatic carbocycles. The van der Waals surface area contributed by atoms with E-state index < -0.39 is 11.9 Å². The quantitative estimate of drug-likeness (QED) is 0.838. The van der Waals surface area contributed by atoms with Crippen molar-refractivity contribution in [2.45, 2.75) is 58.6 Å². The third kappa shape index (κ3) is 4.19. The van der Waals surface area contributed by atoms with Crippen LogP contribution < -0.4 is 0 Å². The van der Waals surface area contributed by atoms with Crippen molar-refractivity contribution in [3.8, 4) is 0 Å². The number of amides is 1. The van der Waals surface area contributed by atoms with E-state index in [2.05, 4.69) is 0 Å². The second kappa shape index (κ2) is 6.03. The number of fused-ring (bicyclic) bond motifs is 1. The number of aliphatic hydroxyl groups is 2. The fourth-order valence-corrected chi connectivity index (χ4v) is 2.47. The molecule has 5 heteroatoms. The van der Waals surface area contributed by atoms with Gasteiger partial charge in [-0.05, 0) is 43.9 Å². The summed E-state index contributed by atoms with van der Waals surface area (Å²) in [5, 5.41) is 18.0. The van der Waals surface area contributed by atoms with Crippen LogP contribution in [0.1, 0.15) is 43.9 Å². The summed E-state index contributed by atoms with van der Waals surface area (Å²) in [6, 6.07) is 5.91. The molecule has 1 aromatic rings. The van der Waals surface area contributed by atoms with Crippen molar-refractivity contribution in [3.05, 3.63) is 34.9 Å². The summed E-state index contributed by atoms with van der Waals surface area (Å²) in [6.45, 7) is 6.61. The molecule has 2 N–H and O–H groups in total. The highest BCUT2D eigenvalue weighted by atomic mass is 16.6. The van der Waals surface area contributed by atoms with Crippen molar-refractivity contribution in [1.82, 2.24) is 4.90 Å². The van der Waals surface area contributed by atoms with E-state index in [1.807, 2.05) is 39.0 Å². The van der Waals surface area contributed by atoms with Crippen LogP contribution in [0.15, 0.2) is 18.2 Å². The molecule has 2 rings (SSSR count). The molecule has 1 aliphatic rings. The van der Waals surface area contributed by atoms with Crippen molar-refractivity contribution in [2.24, 2.45) is 0 Å². The molecular weight excluding hydrogens is 270 g/mol. The highest BCUT2D eigenvalue weighted by Gasteiger charge is 2.28. The lowest BCUT2D eigenvalue weighted by Gasteiger charge is -2.24. The summed E-state index contributed by atoms with van der Waals surface area (Å²) in [4.78, 5) is 13.8. The average Bonchev–Trinajstić information content (AvgIpc) is 2.78. The predicted octanol–water partition coefficient (Wildman–Crippen LogP) is 2.18. The first-order valence-electron chi connectivity index (χ1n) is 7.20. The van der Waals surface area contributed by atoms with Crippen LogP contribution in [0.3, 0.4) is 0 Å². The molecule has 21 heavy (non-hydrogen) atoms. The Labute approximate surface area is 125 Å². The lowest BCUT2D eigenvalue weighted by atomic mass is 10.00. The van der Waals surface area contributed by atoms with Gasteiger partial charge < -0.3 is 14.9 Å². The van der Waals surface area contributed by atoms with Gasteiger partial charge in [-0.15, -0.1) is 0 Å².